The lowest BCUT2D eigenvalue weighted by Crippen LogP contribution is -2.11. The van der Waals surface area contributed by atoms with Gasteiger partial charge in [-0.05, 0) is 25.0 Å². The van der Waals surface area contributed by atoms with Crippen molar-refractivity contribution in [2.45, 2.75) is 44.6 Å². The Morgan fingerprint density at radius 3 is 2.37 bits per heavy atom. The highest BCUT2D eigenvalue weighted by Crippen LogP contribution is 2.35. The van der Waals surface area contributed by atoms with E-state index in [2.05, 4.69) is 9.55 Å². The summed E-state index contributed by atoms with van der Waals surface area (Å²) in [7, 11) is 0. The van der Waals surface area contributed by atoms with E-state index in [1.54, 1.807) is 6.07 Å². The van der Waals surface area contributed by atoms with E-state index in [0.717, 1.165) is 23.9 Å². The number of aromatic nitrogens is 2. The second-order valence-electron chi connectivity index (χ2n) is 5.24. The van der Waals surface area contributed by atoms with Crippen LogP contribution < -0.4 is 5.73 Å². The monoisotopic (exact) mass is 297 g/mol. The molecule has 5 heteroatoms. The van der Waals surface area contributed by atoms with Crippen LogP contribution in [0.1, 0.15) is 44.6 Å². The fraction of sp³-hybridized carbons (Fsp3) is 0.500. The van der Waals surface area contributed by atoms with Gasteiger partial charge in [0.15, 0.2) is 0 Å². The third-order valence-electron chi connectivity index (χ3n) is 3.95. The minimum absolute atomic E-state index is 0.435. The van der Waals surface area contributed by atoms with E-state index in [1.807, 2.05) is 6.07 Å². The normalized spacial score (nSPS) is 17.8. The molecule has 1 aromatic carbocycles. The highest BCUT2D eigenvalue weighted by atomic mass is 35.5. The Morgan fingerprint density at radius 1 is 1.05 bits per heavy atom. The summed E-state index contributed by atoms with van der Waals surface area (Å²) < 4.78 is 2.14. The van der Waals surface area contributed by atoms with Crippen LogP contribution in [-0.2, 0) is 0 Å². The van der Waals surface area contributed by atoms with Crippen LogP contribution in [0.3, 0.4) is 0 Å². The summed E-state index contributed by atoms with van der Waals surface area (Å²) in [6, 6.07) is 4.11. The van der Waals surface area contributed by atoms with Crippen molar-refractivity contribution in [3.05, 3.63) is 22.2 Å². The van der Waals surface area contributed by atoms with E-state index in [1.165, 1.54) is 25.7 Å². The molecule has 2 aromatic rings. The zero-order valence-corrected chi connectivity index (χ0v) is 12.2. The molecule has 2 N–H and O–H groups in total. The molecule has 0 unspecified atom stereocenters. The molecule has 102 valence electrons. The van der Waals surface area contributed by atoms with Gasteiger partial charge in [0.2, 0.25) is 5.95 Å². The number of nitrogens with two attached hydrogens (primary N) is 1. The third-order valence-corrected chi connectivity index (χ3v) is 4.67. The minimum atomic E-state index is 0.435. The lowest BCUT2D eigenvalue weighted by molar-refractivity contribution is 0.459. The quantitative estimate of drug-likeness (QED) is 0.767. The number of nitrogen functional groups attached to an aromatic ring is 1. The van der Waals surface area contributed by atoms with Gasteiger partial charge in [0.1, 0.15) is 0 Å². The Morgan fingerprint density at radius 2 is 1.68 bits per heavy atom. The Kier molecular flexibility index (Phi) is 3.59. The average molecular weight is 298 g/mol. The van der Waals surface area contributed by atoms with Crippen molar-refractivity contribution in [2.75, 3.05) is 5.73 Å². The molecule has 0 bridgehead atoms. The average Bonchev–Trinajstić information content (AvgIpc) is 2.57. The minimum Gasteiger partial charge on any atom is -0.369 e. The second-order valence-corrected chi connectivity index (χ2v) is 6.05. The number of benzene rings is 1. The van der Waals surface area contributed by atoms with Crippen molar-refractivity contribution < 1.29 is 0 Å². The van der Waals surface area contributed by atoms with Gasteiger partial charge < -0.3 is 10.3 Å². The Labute approximate surface area is 122 Å². The molecule has 1 heterocycles. The molecule has 19 heavy (non-hydrogen) atoms. The maximum Gasteiger partial charge on any atom is 0.201 e. The highest BCUT2D eigenvalue weighted by molar-refractivity contribution is 6.42. The zero-order valence-electron chi connectivity index (χ0n) is 10.7. The standard InChI is InChI=1S/C14H17Cl2N3/c15-10-7-12-13(8-11(10)16)19(14(17)18-12)9-5-3-1-2-4-6-9/h7-9H,1-6H2,(H2,17,18). The number of anilines is 1. The molecule has 0 saturated heterocycles. The maximum atomic E-state index is 6.13. The van der Waals surface area contributed by atoms with Gasteiger partial charge in [-0.25, -0.2) is 4.98 Å². The van der Waals surface area contributed by atoms with Gasteiger partial charge in [-0.1, -0.05) is 48.9 Å². The van der Waals surface area contributed by atoms with Gasteiger partial charge in [0.05, 0.1) is 21.1 Å². The van der Waals surface area contributed by atoms with E-state index < -0.39 is 0 Å². The molecule has 3 rings (SSSR count). The summed E-state index contributed by atoms with van der Waals surface area (Å²) in [5.41, 5.74) is 7.93. The van der Waals surface area contributed by atoms with Gasteiger partial charge in [-0.3, -0.25) is 0 Å². The van der Waals surface area contributed by atoms with Crippen LogP contribution in [0.25, 0.3) is 11.0 Å². The third kappa shape index (κ3) is 2.41. The lowest BCUT2D eigenvalue weighted by atomic mass is 10.1. The fourth-order valence-corrected chi connectivity index (χ4v) is 3.32. The van der Waals surface area contributed by atoms with Crippen LogP contribution in [0, 0.1) is 0 Å². The first-order valence-electron chi connectivity index (χ1n) is 6.79. The molecule has 0 aliphatic heterocycles. The van der Waals surface area contributed by atoms with Gasteiger partial charge in [0.25, 0.3) is 0 Å². The second kappa shape index (κ2) is 5.22. The summed E-state index contributed by atoms with van der Waals surface area (Å²) in [4.78, 5) is 4.42. The smallest absolute Gasteiger partial charge is 0.201 e. The molecule has 0 atom stereocenters. The molecule has 1 aliphatic rings. The van der Waals surface area contributed by atoms with E-state index in [0.29, 0.717) is 22.0 Å². The molecular weight excluding hydrogens is 281 g/mol. The predicted molar refractivity (Wildman–Crippen MR) is 80.9 cm³/mol. The maximum absolute atomic E-state index is 6.13. The predicted octanol–water partition coefficient (Wildman–Crippen LogP) is 4.82. The largest absolute Gasteiger partial charge is 0.369 e. The van der Waals surface area contributed by atoms with Gasteiger partial charge >= 0.3 is 0 Å². The van der Waals surface area contributed by atoms with Crippen molar-refractivity contribution >= 4 is 40.2 Å². The molecular formula is C14H17Cl2N3. The number of hydrogen-bond donors (Lipinski definition) is 1. The summed E-state index contributed by atoms with van der Waals surface area (Å²) in [6.45, 7) is 0. The summed E-state index contributed by atoms with van der Waals surface area (Å²) in [6.07, 6.45) is 7.47. The first kappa shape index (κ1) is 13.1. The number of halogens is 2. The summed E-state index contributed by atoms with van der Waals surface area (Å²) in [5.74, 6) is 0.570. The van der Waals surface area contributed by atoms with Gasteiger partial charge in [0, 0.05) is 6.04 Å². The zero-order chi connectivity index (χ0) is 13.4. The first-order chi connectivity index (χ1) is 9.16. The number of fused-ring (bicyclic) bond motifs is 1. The lowest BCUT2D eigenvalue weighted by Gasteiger charge is -2.18. The van der Waals surface area contributed by atoms with Crippen LogP contribution in [0.5, 0.6) is 0 Å². The van der Waals surface area contributed by atoms with E-state index in [9.17, 15) is 0 Å². The van der Waals surface area contributed by atoms with Crippen LogP contribution >= 0.6 is 23.2 Å². The number of imidazole rings is 1. The fourth-order valence-electron chi connectivity index (χ4n) is 3.01. The van der Waals surface area contributed by atoms with Crippen molar-refractivity contribution in [1.29, 1.82) is 0 Å². The highest BCUT2D eigenvalue weighted by Gasteiger charge is 2.20. The number of rotatable bonds is 1. The van der Waals surface area contributed by atoms with E-state index in [-0.39, 0.29) is 0 Å². The summed E-state index contributed by atoms with van der Waals surface area (Å²) >= 11 is 12.2. The Balaban J connectivity index is 2.11. The molecule has 0 radical (unpaired) electrons. The SMILES string of the molecule is Nc1nc2cc(Cl)c(Cl)cc2n1C1CCCCCC1. The molecule has 1 aromatic heterocycles. The van der Waals surface area contributed by atoms with Crippen molar-refractivity contribution in [3.8, 4) is 0 Å². The first-order valence-corrected chi connectivity index (χ1v) is 7.55. The van der Waals surface area contributed by atoms with Crippen LogP contribution in [0.4, 0.5) is 5.95 Å². The molecule has 1 saturated carbocycles. The molecule has 1 aliphatic carbocycles. The van der Waals surface area contributed by atoms with Crippen molar-refractivity contribution in [2.24, 2.45) is 0 Å². The van der Waals surface area contributed by atoms with Crippen LogP contribution in [0.2, 0.25) is 10.0 Å². The Hall–Kier alpha value is -0.930. The van der Waals surface area contributed by atoms with Gasteiger partial charge in [-0.15, -0.1) is 0 Å². The van der Waals surface area contributed by atoms with Gasteiger partial charge in [-0.2, -0.15) is 0 Å². The molecule has 3 nitrogen and oxygen atoms in total. The van der Waals surface area contributed by atoms with Crippen molar-refractivity contribution in [3.63, 3.8) is 0 Å². The van der Waals surface area contributed by atoms with E-state index in [4.69, 9.17) is 28.9 Å². The Bertz CT molecular complexity index is 598. The number of nitrogens with zero attached hydrogens (tertiary/aromatic N) is 2. The molecule has 0 spiro atoms. The van der Waals surface area contributed by atoms with Crippen LogP contribution in [-0.4, -0.2) is 9.55 Å². The number of hydrogen-bond acceptors (Lipinski definition) is 2. The van der Waals surface area contributed by atoms with Crippen LogP contribution in [0.15, 0.2) is 12.1 Å². The van der Waals surface area contributed by atoms with E-state index >= 15 is 0 Å². The molecule has 1 fully saturated rings. The topological polar surface area (TPSA) is 43.8 Å². The van der Waals surface area contributed by atoms with Crippen molar-refractivity contribution in [1.82, 2.24) is 9.55 Å². The summed E-state index contributed by atoms with van der Waals surface area (Å²) in [5, 5.41) is 1.09. The molecule has 0 amide bonds.